The second-order valence-corrected chi connectivity index (χ2v) is 4.75. The molecule has 1 aromatic carbocycles. The van der Waals surface area contributed by atoms with Crippen LogP contribution in [0.5, 0.6) is 0 Å². The summed E-state index contributed by atoms with van der Waals surface area (Å²) in [5.74, 6) is -0.153. The topological polar surface area (TPSA) is 59.3 Å². The van der Waals surface area contributed by atoms with E-state index in [1.54, 1.807) is 18.6 Å². The lowest BCUT2D eigenvalue weighted by Crippen LogP contribution is -2.24. The minimum atomic E-state index is -0.153. The molecule has 1 amide bonds. The fraction of sp³-hybridized carbons (Fsp3) is 0.188. The second-order valence-electron chi connectivity index (χ2n) is 4.75. The highest BCUT2D eigenvalue weighted by Gasteiger charge is 2.13. The molecule has 21 heavy (non-hydrogen) atoms. The average Bonchev–Trinajstić information content (AvgIpc) is 2.97. The van der Waals surface area contributed by atoms with E-state index in [0.717, 1.165) is 17.7 Å². The maximum Gasteiger partial charge on any atom is 0.271 e. The van der Waals surface area contributed by atoms with E-state index in [0.29, 0.717) is 17.9 Å². The number of nitrogens with one attached hydrogen (secondary N) is 1. The van der Waals surface area contributed by atoms with Gasteiger partial charge in [-0.3, -0.25) is 9.78 Å². The molecule has 0 aliphatic carbocycles. The molecule has 0 bridgehead atoms. The van der Waals surface area contributed by atoms with E-state index in [4.69, 9.17) is 0 Å². The lowest BCUT2D eigenvalue weighted by Gasteiger charge is -2.01. The van der Waals surface area contributed by atoms with Crippen LogP contribution < -0.4 is 5.32 Å². The van der Waals surface area contributed by atoms with Gasteiger partial charge in [-0.05, 0) is 6.42 Å². The van der Waals surface area contributed by atoms with Crippen LogP contribution in [-0.4, -0.2) is 26.8 Å². The quantitative estimate of drug-likeness (QED) is 0.799. The third-order valence-electron chi connectivity index (χ3n) is 3.19. The highest BCUT2D eigenvalue weighted by atomic mass is 16.1. The van der Waals surface area contributed by atoms with Crippen LogP contribution in [0, 0.1) is 0 Å². The van der Waals surface area contributed by atoms with Crippen molar-refractivity contribution in [3.05, 3.63) is 54.6 Å². The van der Waals surface area contributed by atoms with Gasteiger partial charge < -0.3 is 9.72 Å². The Morgan fingerprint density at radius 3 is 2.86 bits per heavy atom. The summed E-state index contributed by atoms with van der Waals surface area (Å²) in [7, 11) is 0. The Balaban J connectivity index is 2.04. The van der Waals surface area contributed by atoms with Crippen molar-refractivity contribution in [1.29, 1.82) is 0 Å². The van der Waals surface area contributed by atoms with Crippen LogP contribution in [0.2, 0.25) is 0 Å². The summed E-state index contributed by atoms with van der Waals surface area (Å²) < 4.78 is 1.83. The van der Waals surface area contributed by atoms with Crippen molar-refractivity contribution < 1.29 is 4.79 Å². The van der Waals surface area contributed by atoms with Crippen molar-refractivity contribution in [3.8, 4) is 11.3 Å². The smallest absolute Gasteiger partial charge is 0.271 e. The summed E-state index contributed by atoms with van der Waals surface area (Å²) in [6.07, 6.45) is 6.14. The van der Waals surface area contributed by atoms with Crippen molar-refractivity contribution >= 4 is 11.6 Å². The molecule has 0 unspecified atom stereocenters. The molecule has 0 saturated carbocycles. The molecule has 0 aliphatic heterocycles. The largest absolute Gasteiger partial charge is 0.351 e. The maximum atomic E-state index is 12.0. The first kappa shape index (κ1) is 13.3. The van der Waals surface area contributed by atoms with Crippen molar-refractivity contribution in [1.82, 2.24) is 19.7 Å². The molecule has 0 atom stereocenters. The predicted molar refractivity (Wildman–Crippen MR) is 81.0 cm³/mol. The molecule has 5 heteroatoms. The number of carbonyl (C=O) groups excluding carboxylic acids is 1. The molecule has 3 rings (SSSR count). The zero-order valence-electron chi connectivity index (χ0n) is 11.8. The molecule has 106 valence electrons. The number of hydrogen-bond acceptors (Lipinski definition) is 3. The zero-order chi connectivity index (χ0) is 14.7. The van der Waals surface area contributed by atoms with Crippen LogP contribution in [0.25, 0.3) is 16.9 Å². The Kier molecular flexibility index (Phi) is 3.64. The number of carbonyl (C=O) groups is 1. The van der Waals surface area contributed by atoms with Crippen LogP contribution in [0.15, 0.2) is 48.9 Å². The third-order valence-corrected chi connectivity index (χ3v) is 3.19. The Labute approximate surface area is 122 Å². The highest BCUT2D eigenvalue weighted by Crippen LogP contribution is 2.21. The average molecular weight is 280 g/mol. The van der Waals surface area contributed by atoms with Gasteiger partial charge in [0.05, 0.1) is 0 Å². The standard InChI is InChI=1S/C16H16N4O/c1-2-8-18-16(21)13-11-20-10-9-17-14(15(20)19-13)12-6-4-3-5-7-12/h3-7,9-11H,2,8H2,1H3,(H,18,21). The van der Waals surface area contributed by atoms with E-state index in [2.05, 4.69) is 15.3 Å². The number of nitrogens with zero attached hydrogens (tertiary/aromatic N) is 3. The number of benzene rings is 1. The molecule has 0 aliphatic rings. The second kappa shape index (κ2) is 5.75. The number of amides is 1. The SMILES string of the molecule is CCCNC(=O)c1cn2ccnc(-c3ccccc3)c2n1. The van der Waals surface area contributed by atoms with Crippen LogP contribution in [0.1, 0.15) is 23.8 Å². The zero-order valence-corrected chi connectivity index (χ0v) is 11.8. The van der Waals surface area contributed by atoms with E-state index < -0.39 is 0 Å². The van der Waals surface area contributed by atoms with E-state index >= 15 is 0 Å². The van der Waals surface area contributed by atoms with E-state index in [1.807, 2.05) is 41.7 Å². The first-order chi connectivity index (χ1) is 10.3. The third kappa shape index (κ3) is 2.63. The number of hydrogen-bond donors (Lipinski definition) is 1. The number of aromatic nitrogens is 3. The molecular weight excluding hydrogens is 264 g/mol. The van der Waals surface area contributed by atoms with Crippen molar-refractivity contribution in [2.24, 2.45) is 0 Å². The Morgan fingerprint density at radius 2 is 2.10 bits per heavy atom. The molecule has 0 saturated heterocycles. The number of imidazole rings is 1. The molecular formula is C16H16N4O. The minimum absolute atomic E-state index is 0.153. The van der Waals surface area contributed by atoms with Gasteiger partial charge in [0.2, 0.25) is 0 Å². The van der Waals surface area contributed by atoms with Gasteiger partial charge in [-0.15, -0.1) is 0 Å². The predicted octanol–water partition coefficient (Wildman–Crippen LogP) is 2.54. The molecule has 0 spiro atoms. The van der Waals surface area contributed by atoms with E-state index in [9.17, 15) is 4.79 Å². The summed E-state index contributed by atoms with van der Waals surface area (Å²) in [6.45, 7) is 2.66. The summed E-state index contributed by atoms with van der Waals surface area (Å²) in [5, 5.41) is 2.83. The Morgan fingerprint density at radius 1 is 1.29 bits per heavy atom. The molecule has 0 fully saturated rings. The van der Waals surface area contributed by atoms with Crippen molar-refractivity contribution in [2.75, 3.05) is 6.54 Å². The summed E-state index contributed by atoms with van der Waals surface area (Å²) in [6, 6.07) is 9.83. The molecule has 2 aromatic heterocycles. The summed E-state index contributed by atoms with van der Waals surface area (Å²) >= 11 is 0. The summed E-state index contributed by atoms with van der Waals surface area (Å²) in [4.78, 5) is 20.8. The highest BCUT2D eigenvalue weighted by molar-refractivity contribution is 5.93. The monoisotopic (exact) mass is 280 g/mol. The van der Waals surface area contributed by atoms with Crippen molar-refractivity contribution in [3.63, 3.8) is 0 Å². The fourth-order valence-electron chi connectivity index (χ4n) is 2.16. The van der Waals surface area contributed by atoms with Crippen LogP contribution in [0.4, 0.5) is 0 Å². The van der Waals surface area contributed by atoms with Gasteiger partial charge in [0.15, 0.2) is 5.65 Å². The number of rotatable bonds is 4. The molecule has 2 heterocycles. The fourth-order valence-corrected chi connectivity index (χ4v) is 2.16. The van der Waals surface area contributed by atoms with Crippen LogP contribution in [-0.2, 0) is 0 Å². The van der Waals surface area contributed by atoms with Crippen molar-refractivity contribution in [2.45, 2.75) is 13.3 Å². The molecule has 5 nitrogen and oxygen atoms in total. The van der Waals surface area contributed by atoms with Crippen LogP contribution in [0.3, 0.4) is 0 Å². The number of fused-ring (bicyclic) bond motifs is 1. The molecule has 1 N–H and O–H groups in total. The first-order valence-corrected chi connectivity index (χ1v) is 6.97. The van der Waals surface area contributed by atoms with Gasteiger partial charge >= 0.3 is 0 Å². The van der Waals surface area contributed by atoms with E-state index in [-0.39, 0.29) is 5.91 Å². The minimum Gasteiger partial charge on any atom is -0.351 e. The van der Waals surface area contributed by atoms with Crippen LogP contribution >= 0.6 is 0 Å². The van der Waals surface area contributed by atoms with Gasteiger partial charge in [0, 0.05) is 30.7 Å². The first-order valence-electron chi connectivity index (χ1n) is 6.97. The lowest BCUT2D eigenvalue weighted by atomic mass is 10.1. The van der Waals surface area contributed by atoms with Gasteiger partial charge in [0.1, 0.15) is 11.4 Å². The van der Waals surface area contributed by atoms with Gasteiger partial charge in [-0.2, -0.15) is 0 Å². The van der Waals surface area contributed by atoms with E-state index in [1.165, 1.54) is 0 Å². The summed E-state index contributed by atoms with van der Waals surface area (Å²) in [5.41, 5.74) is 2.85. The van der Waals surface area contributed by atoms with Gasteiger partial charge in [0.25, 0.3) is 5.91 Å². The molecule has 0 radical (unpaired) electrons. The molecule has 3 aromatic rings. The lowest BCUT2D eigenvalue weighted by molar-refractivity contribution is 0.0949. The normalized spacial score (nSPS) is 10.7. The van der Waals surface area contributed by atoms with Gasteiger partial charge in [-0.25, -0.2) is 4.98 Å². The Hall–Kier alpha value is -2.69. The van der Waals surface area contributed by atoms with Gasteiger partial charge in [-0.1, -0.05) is 37.3 Å². The maximum absolute atomic E-state index is 12.0. The Bertz CT molecular complexity index is 764.